The number of piperidine rings is 1. The van der Waals surface area contributed by atoms with Gasteiger partial charge in [-0.3, -0.25) is 9.69 Å². The molecule has 0 aromatic heterocycles. The van der Waals surface area contributed by atoms with Crippen LogP contribution in [0, 0.1) is 11.8 Å². The van der Waals surface area contributed by atoms with Crippen molar-refractivity contribution in [3.05, 3.63) is 35.9 Å². The van der Waals surface area contributed by atoms with E-state index in [0.29, 0.717) is 12.0 Å². The van der Waals surface area contributed by atoms with Gasteiger partial charge in [-0.1, -0.05) is 30.3 Å². The number of hydrogen-bond acceptors (Lipinski definition) is 2. The van der Waals surface area contributed by atoms with E-state index in [-0.39, 0.29) is 5.92 Å². The Bertz CT molecular complexity index is 445. The average Bonchev–Trinajstić information content (AvgIpc) is 2.43. The first-order valence-corrected chi connectivity index (χ1v) is 7.23. The lowest BCUT2D eigenvalue weighted by Gasteiger charge is -2.45. The molecule has 1 N–H and O–H groups in total. The minimum absolute atomic E-state index is 0.123. The SMILES string of the molecule is O=C(O)C1CC2CCN(Cc3ccccc3)C(C2)C1. The lowest BCUT2D eigenvalue weighted by molar-refractivity contribution is -0.145. The van der Waals surface area contributed by atoms with Crippen LogP contribution < -0.4 is 0 Å². The van der Waals surface area contributed by atoms with Gasteiger partial charge in [0.2, 0.25) is 0 Å². The van der Waals surface area contributed by atoms with Crippen LogP contribution in [0.15, 0.2) is 30.3 Å². The number of carbonyl (C=O) groups is 1. The molecule has 19 heavy (non-hydrogen) atoms. The van der Waals surface area contributed by atoms with E-state index in [1.54, 1.807) is 0 Å². The van der Waals surface area contributed by atoms with Crippen LogP contribution in [0.4, 0.5) is 0 Å². The Morgan fingerprint density at radius 2 is 2.00 bits per heavy atom. The van der Waals surface area contributed by atoms with E-state index in [4.69, 9.17) is 0 Å². The van der Waals surface area contributed by atoms with Crippen LogP contribution >= 0.6 is 0 Å². The second-order valence-electron chi connectivity index (χ2n) is 6.01. The van der Waals surface area contributed by atoms with Crippen LogP contribution in [0.1, 0.15) is 31.2 Å². The van der Waals surface area contributed by atoms with Gasteiger partial charge in [-0.2, -0.15) is 0 Å². The molecule has 1 aliphatic carbocycles. The van der Waals surface area contributed by atoms with Crippen molar-refractivity contribution >= 4 is 5.97 Å². The maximum atomic E-state index is 11.2. The normalized spacial score (nSPS) is 31.1. The first-order chi connectivity index (χ1) is 9.22. The lowest BCUT2D eigenvalue weighted by atomic mass is 9.74. The summed E-state index contributed by atoms with van der Waals surface area (Å²) in [6.45, 7) is 2.08. The second-order valence-corrected chi connectivity index (χ2v) is 6.01. The van der Waals surface area contributed by atoms with Crippen LogP contribution in [0.5, 0.6) is 0 Å². The standard InChI is InChI=1S/C16H21NO2/c18-16(19)14-8-13-6-7-17(15(9-13)10-14)11-12-4-2-1-3-5-12/h1-5,13-15H,6-11H2,(H,18,19). The Kier molecular flexibility index (Phi) is 3.56. The molecule has 3 atom stereocenters. The van der Waals surface area contributed by atoms with E-state index in [9.17, 15) is 9.90 Å². The van der Waals surface area contributed by atoms with E-state index in [2.05, 4.69) is 29.2 Å². The fourth-order valence-electron chi connectivity index (χ4n) is 3.70. The van der Waals surface area contributed by atoms with Crippen LogP contribution in [0.3, 0.4) is 0 Å². The van der Waals surface area contributed by atoms with E-state index < -0.39 is 5.97 Å². The maximum Gasteiger partial charge on any atom is 0.306 e. The van der Waals surface area contributed by atoms with E-state index in [1.807, 2.05) is 6.07 Å². The Hall–Kier alpha value is -1.35. The van der Waals surface area contributed by atoms with Gasteiger partial charge in [0.25, 0.3) is 0 Å². The van der Waals surface area contributed by atoms with Crippen LogP contribution in [0.25, 0.3) is 0 Å². The number of fused-ring (bicyclic) bond motifs is 2. The monoisotopic (exact) mass is 259 g/mol. The number of aliphatic carboxylic acids is 1. The molecule has 1 saturated heterocycles. The fourth-order valence-corrected chi connectivity index (χ4v) is 3.70. The second kappa shape index (κ2) is 5.33. The third-order valence-corrected chi connectivity index (χ3v) is 4.70. The minimum Gasteiger partial charge on any atom is -0.481 e. The number of likely N-dealkylation sites (tertiary alicyclic amines) is 1. The minimum atomic E-state index is -0.601. The number of carboxylic acid groups (broad SMARTS) is 1. The Labute approximate surface area is 114 Å². The highest BCUT2D eigenvalue weighted by Gasteiger charge is 2.38. The number of carboxylic acids is 1. The molecule has 3 unspecified atom stereocenters. The van der Waals surface area contributed by atoms with E-state index in [1.165, 1.54) is 12.0 Å². The fraction of sp³-hybridized carbons (Fsp3) is 0.562. The molecule has 0 radical (unpaired) electrons. The highest BCUT2D eigenvalue weighted by Crippen LogP contribution is 2.38. The van der Waals surface area contributed by atoms with Gasteiger partial charge < -0.3 is 5.11 Å². The summed E-state index contributed by atoms with van der Waals surface area (Å²) in [6, 6.07) is 11.0. The van der Waals surface area contributed by atoms with Gasteiger partial charge >= 0.3 is 5.97 Å². The van der Waals surface area contributed by atoms with E-state index in [0.717, 1.165) is 32.4 Å². The van der Waals surface area contributed by atoms with Crippen LogP contribution in [0.2, 0.25) is 0 Å². The largest absolute Gasteiger partial charge is 0.481 e. The molecule has 0 spiro atoms. The lowest BCUT2D eigenvalue weighted by Crippen LogP contribution is -2.47. The molecule has 2 fully saturated rings. The molecule has 3 nitrogen and oxygen atoms in total. The zero-order valence-corrected chi connectivity index (χ0v) is 11.2. The molecule has 1 aromatic rings. The van der Waals surface area contributed by atoms with Crippen molar-refractivity contribution in [1.82, 2.24) is 4.90 Å². The summed E-state index contributed by atoms with van der Waals surface area (Å²) in [6.07, 6.45) is 4.08. The van der Waals surface area contributed by atoms with Crippen molar-refractivity contribution in [1.29, 1.82) is 0 Å². The van der Waals surface area contributed by atoms with Gasteiger partial charge in [0.15, 0.2) is 0 Å². The molecule has 1 aromatic carbocycles. The summed E-state index contributed by atoms with van der Waals surface area (Å²) >= 11 is 0. The van der Waals surface area contributed by atoms with Gasteiger partial charge in [-0.15, -0.1) is 0 Å². The van der Waals surface area contributed by atoms with Crippen molar-refractivity contribution in [2.24, 2.45) is 11.8 Å². The number of benzene rings is 1. The van der Waals surface area contributed by atoms with Gasteiger partial charge in [0.1, 0.15) is 0 Å². The summed E-state index contributed by atoms with van der Waals surface area (Å²) in [5, 5.41) is 9.25. The third kappa shape index (κ3) is 2.81. The summed E-state index contributed by atoms with van der Waals surface area (Å²) in [4.78, 5) is 13.7. The van der Waals surface area contributed by atoms with Crippen molar-refractivity contribution in [3.63, 3.8) is 0 Å². The summed E-state index contributed by atoms with van der Waals surface area (Å²) in [5.74, 6) is -0.0922. The van der Waals surface area contributed by atoms with Crippen LogP contribution in [-0.4, -0.2) is 28.6 Å². The van der Waals surface area contributed by atoms with E-state index >= 15 is 0 Å². The third-order valence-electron chi connectivity index (χ3n) is 4.70. The smallest absolute Gasteiger partial charge is 0.306 e. The van der Waals surface area contributed by atoms with Gasteiger partial charge in [0, 0.05) is 12.6 Å². The quantitative estimate of drug-likeness (QED) is 0.907. The molecule has 3 heteroatoms. The summed E-state index contributed by atoms with van der Waals surface area (Å²) in [5.41, 5.74) is 1.33. The Balaban J connectivity index is 1.68. The zero-order chi connectivity index (χ0) is 13.2. The predicted octanol–water partition coefficient (Wildman–Crippen LogP) is 2.76. The van der Waals surface area contributed by atoms with Gasteiger partial charge in [-0.05, 0) is 43.7 Å². The molecule has 3 rings (SSSR count). The number of rotatable bonds is 3. The molecule has 2 bridgehead atoms. The molecule has 2 aliphatic rings. The first kappa shape index (κ1) is 12.7. The highest BCUT2D eigenvalue weighted by molar-refractivity contribution is 5.70. The molecular formula is C16H21NO2. The molecule has 102 valence electrons. The van der Waals surface area contributed by atoms with Gasteiger partial charge in [0.05, 0.1) is 5.92 Å². The summed E-state index contributed by atoms with van der Waals surface area (Å²) < 4.78 is 0. The Morgan fingerprint density at radius 3 is 2.74 bits per heavy atom. The molecule has 1 heterocycles. The molecular weight excluding hydrogens is 238 g/mol. The van der Waals surface area contributed by atoms with Crippen molar-refractivity contribution in [2.75, 3.05) is 6.54 Å². The van der Waals surface area contributed by atoms with Crippen LogP contribution in [-0.2, 0) is 11.3 Å². The van der Waals surface area contributed by atoms with Gasteiger partial charge in [-0.25, -0.2) is 0 Å². The highest BCUT2D eigenvalue weighted by atomic mass is 16.4. The first-order valence-electron chi connectivity index (χ1n) is 7.23. The van der Waals surface area contributed by atoms with Crippen molar-refractivity contribution in [3.8, 4) is 0 Å². The molecule has 1 saturated carbocycles. The average molecular weight is 259 g/mol. The summed E-state index contributed by atoms with van der Waals surface area (Å²) in [7, 11) is 0. The topological polar surface area (TPSA) is 40.5 Å². The van der Waals surface area contributed by atoms with Crippen molar-refractivity contribution < 1.29 is 9.90 Å². The molecule has 0 amide bonds. The number of hydrogen-bond donors (Lipinski definition) is 1. The Morgan fingerprint density at radius 1 is 1.21 bits per heavy atom. The molecule has 1 aliphatic heterocycles. The maximum absolute atomic E-state index is 11.2. The van der Waals surface area contributed by atoms with Crippen molar-refractivity contribution in [2.45, 2.75) is 38.3 Å². The predicted molar refractivity (Wildman–Crippen MR) is 73.7 cm³/mol. The number of nitrogens with zero attached hydrogens (tertiary/aromatic N) is 1. The zero-order valence-electron chi connectivity index (χ0n) is 11.2.